The summed E-state index contributed by atoms with van der Waals surface area (Å²) in [6.45, 7) is 7.11. The largest absolute Gasteiger partial charge is 0.352 e. The number of fused-ring (bicyclic) bond motifs is 1. The smallest absolute Gasteiger partial charge is 0.253 e. The SMILES string of the molecule is CC(C)(C)CCNC(=O)c1cnc(Cl)c2ccccc12. The Balaban J connectivity index is 2.21. The molecule has 1 aromatic heterocycles. The molecule has 0 unspecified atom stereocenters. The van der Waals surface area contributed by atoms with Gasteiger partial charge in [-0.15, -0.1) is 0 Å². The summed E-state index contributed by atoms with van der Waals surface area (Å²) in [6.07, 6.45) is 2.47. The second-order valence-electron chi connectivity index (χ2n) is 6.07. The van der Waals surface area contributed by atoms with Crippen LogP contribution in [0.5, 0.6) is 0 Å². The Labute approximate surface area is 124 Å². The van der Waals surface area contributed by atoms with Gasteiger partial charge in [0.2, 0.25) is 0 Å². The number of pyridine rings is 1. The number of carbonyl (C=O) groups excluding carboxylic acids is 1. The predicted octanol–water partition coefficient (Wildman–Crippen LogP) is 4.05. The summed E-state index contributed by atoms with van der Waals surface area (Å²) < 4.78 is 0. The van der Waals surface area contributed by atoms with Crippen molar-refractivity contribution in [2.24, 2.45) is 5.41 Å². The lowest BCUT2D eigenvalue weighted by Gasteiger charge is -2.18. The van der Waals surface area contributed by atoms with Crippen molar-refractivity contribution in [3.63, 3.8) is 0 Å². The third-order valence-corrected chi connectivity index (χ3v) is 3.45. The van der Waals surface area contributed by atoms with Gasteiger partial charge in [-0.1, -0.05) is 56.6 Å². The Morgan fingerprint density at radius 3 is 2.55 bits per heavy atom. The third kappa shape index (κ3) is 3.48. The average molecular weight is 291 g/mol. The molecule has 4 heteroatoms. The van der Waals surface area contributed by atoms with Crippen LogP contribution < -0.4 is 5.32 Å². The molecule has 1 aromatic carbocycles. The number of amides is 1. The highest BCUT2D eigenvalue weighted by Crippen LogP contribution is 2.24. The first-order valence-electron chi connectivity index (χ1n) is 6.70. The van der Waals surface area contributed by atoms with E-state index >= 15 is 0 Å². The zero-order valence-corrected chi connectivity index (χ0v) is 12.8. The van der Waals surface area contributed by atoms with Gasteiger partial charge in [0.1, 0.15) is 5.15 Å². The molecule has 1 amide bonds. The first kappa shape index (κ1) is 14.8. The Morgan fingerprint density at radius 1 is 1.25 bits per heavy atom. The van der Waals surface area contributed by atoms with E-state index in [9.17, 15) is 4.79 Å². The van der Waals surface area contributed by atoms with Crippen LogP contribution in [0, 0.1) is 5.41 Å². The Kier molecular flexibility index (Phi) is 4.29. The molecular formula is C16H19ClN2O. The van der Waals surface area contributed by atoms with Gasteiger partial charge in [-0.2, -0.15) is 0 Å². The molecule has 1 heterocycles. The molecule has 1 N–H and O–H groups in total. The summed E-state index contributed by atoms with van der Waals surface area (Å²) in [4.78, 5) is 16.4. The molecule has 0 fully saturated rings. The van der Waals surface area contributed by atoms with E-state index in [-0.39, 0.29) is 11.3 Å². The molecule has 106 valence electrons. The summed E-state index contributed by atoms with van der Waals surface area (Å²) in [6, 6.07) is 7.54. The van der Waals surface area contributed by atoms with Crippen molar-refractivity contribution in [2.45, 2.75) is 27.2 Å². The highest BCUT2D eigenvalue weighted by atomic mass is 35.5. The van der Waals surface area contributed by atoms with Crippen molar-refractivity contribution in [2.75, 3.05) is 6.54 Å². The van der Waals surface area contributed by atoms with E-state index in [0.717, 1.165) is 17.2 Å². The van der Waals surface area contributed by atoms with Crippen molar-refractivity contribution in [1.82, 2.24) is 10.3 Å². The zero-order valence-electron chi connectivity index (χ0n) is 12.0. The minimum absolute atomic E-state index is 0.102. The topological polar surface area (TPSA) is 42.0 Å². The van der Waals surface area contributed by atoms with Crippen LogP contribution in [0.2, 0.25) is 5.15 Å². The normalized spacial score (nSPS) is 11.6. The molecule has 0 bridgehead atoms. The van der Waals surface area contributed by atoms with Crippen molar-refractivity contribution in [3.8, 4) is 0 Å². The van der Waals surface area contributed by atoms with Crippen LogP contribution in [0.3, 0.4) is 0 Å². The van der Waals surface area contributed by atoms with E-state index in [4.69, 9.17) is 11.6 Å². The molecule has 2 rings (SSSR count). The van der Waals surface area contributed by atoms with Crippen molar-refractivity contribution in [1.29, 1.82) is 0 Å². The quantitative estimate of drug-likeness (QED) is 0.866. The fourth-order valence-electron chi connectivity index (χ4n) is 1.99. The Hall–Kier alpha value is -1.61. The number of hydrogen-bond donors (Lipinski definition) is 1. The van der Waals surface area contributed by atoms with Gasteiger partial charge in [0.05, 0.1) is 5.56 Å². The van der Waals surface area contributed by atoms with Crippen LogP contribution >= 0.6 is 11.6 Å². The molecule has 0 spiro atoms. The number of benzene rings is 1. The fourth-order valence-corrected chi connectivity index (χ4v) is 2.20. The molecule has 0 aliphatic heterocycles. The van der Waals surface area contributed by atoms with Crippen LogP contribution in [0.1, 0.15) is 37.6 Å². The molecule has 20 heavy (non-hydrogen) atoms. The number of rotatable bonds is 3. The van der Waals surface area contributed by atoms with Gasteiger partial charge in [0.25, 0.3) is 5.91 Å². The maximum Gasteiger partial charge on any atom is 0.253 e. The van der Waals surface area contributed by atoms with Crippen molar-refractivity contribution < 1.29 is 4.79 Å². The molecule has 3 nitrogen and oxygen atoms in total. The van der Waals surface area contributed by atoms with Crippen molar-refractivity contribution in [3.05, 3.63) is 41.2 Å². The first-order valence-corrected chi connectivity index (χ1v) is 7.08. The Morgan fingerprint density at radius 2 is 1.90 bits per heavy atom. The molecule has 0 aliphatic carbocycles. The van der Waals surface area contributed by atoms with E-state index in [1.807, 2.05) is 24.3 Å². The fraction of sp³-hybridized carbons (Fsp3) is 0.375. The van der Waals surface area contributed by atoms with Gasteiger partial charge in [-0.25, -0.2) is 4.98 Å². The summed E-state index contributed by atoms with van der Waals surface area (Å²) >= 11 is 6.06. The number of carbonyl (C=O) groups is 1. The van der Waals surface area contributed by atoms with E-state index in [0.29, 0.717) is 17.3 Å². The lowest BCUT2D eigenvalue weighted by atomic mass is 9.92. The van der Waals surface area contributed by atoms with E-state index in [1.54, 1.807) is 0 Å². The molecule has 0 saturated carbocycles. The van der Waals surface area contributed by atoms with Gasteiger partial charge < -0.3 is 5.32 Å². The molecule has 0 atom stereocenters. The lowest BCUT2D eigenvalue weighted by molar-refractivity contribution is 0.0951. The van der Waals surface area contributed by atoms with Gasteiger partial charge >= 0.3 is 0 Å². The number of halogens is 1. The highest BCUT2D eigenvalue weighted by molar-refractivity contribution is 6.34. The minimum atomic E-state index is -0.102. The van der Waals surface area contributed by atoms with E-state index in [2.05, 4.69) is 31.1 Å². The van der Waals surface area contributed by atoms with Crippen LogP contribution in [0.25, 0.3) is 10.8 Å². The Bertz CT molecular complexity index is 632. The number of nitrogens with one attached hydrogen (secondary N) is 1. The maximum absolute atomic E-state index is 12.3. The van der Waals surface area contributed by atoms with Gasteiger partial charge in [-0.3, -0.25) is 4.79 Å². The van der Waals surface area contributed by atoms with Crippen LogP contribution in [0.4, 0.5) is 0 Å². The van der Waals surface area contributed by atoms with E-state index < -0.39 is 0 Å². The van der Waals surface area contributed by atoms with Crippen LogP contribution in [-0.4, -0.2) is 17.4 Å². The van der Waals surface area contributed by atoms with Gasteiger partial charge in [0, 0.05) is 18.1 Å². The summed E-state index contributed by atoms with van der Waals surface area (Å²) in [7, 11) is 0. The molecule has 2 aromatic rings. The van der Waals surface area contributed by atoms with Crippen LogP contribution in [-0.2, 0) is 0 Å². The third-order valence-electron chi connectivity index (χ3n) is 3.15. The first-order chi connectivity index (χ1) is 9.38. The maximum atomic E-state index is 12.3. The summed E-state index contributed by atoms with van der Waals surface area (Å²) in [5.74, 6) is -0.102. The molecule has 0 saturated heterocycles. The molecular weight excluding hydrogens is 272 g/mol. The number of aromatic nitrogens is 1. The minimum Gasteiger partial charge on any atom is -0.352 e. The van der Waals surface area contributed by atoms with E-state index in [1.165, 1.54) is 6.20 Å². The second kappa shape index (κ2) is 5.80. The summed E-state index contributed by atoms with van der Waals surface area (Å²) in [5.41, 5.74) is 0.770. The zero-order chi connectivity index (χ0) is 14.8. The number of nitrogens with zero attached hydrogens (tertiary/aromatic N) is 1. The standard InChI is InChI=1S/C16H19ClN2O/c1-16(2,3)8-9-18-15(20)13-10-19-14(17)12-7-5-4-6-11(12)13/h4-7,10H,8-9H2,1-3H3,(H,18,20). The molecule has 0 radical (unpaired) electrons. The lowest BCUT2D eigenvalue weighted by Crippen LogP contribution is -2.27. The van der Waals surface area contributed by atoms with Gasteiger partial charge in [-0.05, 0) is 17.2 Å². The van der Waals surface area contributed by atoms with Gasteiger partial charge in [0.15, 0.2) is 0 Å². The average Bonchev–Trinajstić information content (AvgIpc) is 2.38. The highest BCUT2D eigenvalue weighted by Gasteiger charge is 2.14. The predicted molar refractivity (Wildman–Crippen MR) is 83.2 cm³/mol. The second-order valence-corrected chi connectivity index (χ2v) is 6.43. The van der Waals surface area contributed by atoms with Crippen molar-refractivity contribution >= 4 is 28.3 Å². The number of hydrogen-bond acceptors (Lipinski definition) is 2. The summed E-state index contributed by atoms with van der Waals surface area (Å²) in [5, 5.41) is 5.01. The monoisotopic (exact) mass is 290 g/mol. The van der Waals surface area contributed by atoms with Crippen LogP contribution in [0.15, 0.2) is 30.5 Å². The molecule has 0 aliphatic rings.